The highest BCUT2D eigenvalue weighted by Gasteiger charge is 2.08. The molecule has 0 radical (unpaired) electrons. The first kappa shape index (κ1) is 12.0. The van der Waals surface area contributed by atoms with Gasteiger partial charge in [0.1, 0.15) is 5.69 Å². The van der Waals surface area contributed by atoms with Gasteiger partial charge in [-0.05, 0) is 30.3 Å². The molecule has 1 aromatic carbocycles. The summed E-state index contributed by atoms with van der Waals surface area (Å²) in [5, 5.41) is 17.0. The van der Waals surface area contributed by atoms with Crippen LogP contribution in [0.2, 0.25) is 0 Å². The molecule has 0 amide bonds. The van der Waals surface area contributed by atoms with Crippen LogP contribution in [0, 0.1) is 0 Å². The Morgan fingerprint density at radius 3 is 2.75 bits per heavy atom. The lowest BCUT2D eigenvalue weighted by molar-refractivity contribution is 0.0697. The Labute approximate surface area is 114 Å². The average molecular weight is 266 g/mol. The van der Waals surface area contributed by atoms with E-state index in [2.05, 4.69) is 15.3 Å². The summed E-state index contributed by atoms with van der Waals surface area (Å²) in [6.45, 7) is 0. The fourth-order valence-corrected chi connectivity index (χ4v) is 1.80. The van der Waals surface area contributed by atoms with Gasteiger partial charge in [-0.25, -0.2) is 9.48 Å². The number of pyridine rings is 1. The molecule has 0 unspecified atom stereocenters. The lowest BCUT2D eigenvalue weighted by Crippen LogP contribution is -2.00. The van der Waals surface area contributed by atoms with Crippen LogP contribution in [0.1, 0.15) is 10.4 Å². The number of carboxylic acid groups (broad SMARTS) is 1. The van der Waals surface area contributed by atoms with Crippen molar-refractivity contribution in [3.05, 3.63) is 60.4 Å². The van der Waals surface area contributed by atoms with Gasteiger partial charge in [-0.2, -0.15) is 0 Å². The Bertz CT molecular complexity index is 753. The molecule has 0 aliphatic carbocycles. The molecule has 0 bridgehead atoms. The maximum atomic E-state index is 11.0. The van der Waals surface area contributed by atoms with Crippen molar-refractivity contribution >= 4 is 5.97 Å². The molecule has 3 rings (SSSR count). The van der Waals surface area contributed by atoms with Gasteiger partial charge in [0.15, 0.2) is 0 Å². The van der Waals surface area contributed by atoms with E-state index in [4.69, 9.17) is 5.11 Å². The Balaban J connectivity index is 1.98. The Kier molecular flexibility index (Phi) is 2.96. The van der Waals surface area contributed by atoms with Gasteiger partial charge >= 0.3 is 5.97 Å². The third-order valence-electron chi connectivity index (χ3n) is 2.78. The van der Waals surface area contributed by atoms with E-state index < -0.39 is 5.97 Å². The van der Waals surface area contributed by atoms with Crippen molar-refractivity contribution in [3.63, 3.8) is 0 Å². The zero-order valence-electron chi connectivity index (χ0n) is 10.3. The summed E-state index contributed by atoms with van der Waals surface area (Å²) in [5.41, 5.74) is 2.19. The van der Waals surface area contributed by atoms with E-state index in [0.29, 0.717) is 17.1 Å². The zero-order chi connectivity index (χ0) is 13.9. The highest BCUT2D eigenvalue weighted by atomic mass is 16.4. The summed E-state index contributed by atoms with van der Waals surface area (Å²) in [7, 11) is 0. The second-order valence-corrected chi connectivity index (χ2v) is 4.12. The van der Waals surface area contributed by atoms with Crippen molar-refractivity contribution < 1.29 is 9.90 Å². The second-order valence-electron chi connectivity index (χ2n) is 4.12. The summed E-state index contributed by atoms with van der Waals surface area (Å²) < 4.78 is 1.52. The first-order valence-corrected chi connectivity index (χ1v) is 5.91. The maximum Gasteiger partial charge on any atom is 0.335 e. The van der Waals surface area contributed by atoms with Gasteiger partial charge in [-0.15, -0.1) is 5.10 Å². The molecule has 6 heteroatoms. The van der Waals surface area contributed by atoms with Crippen molar-refractivity contribution in [1.29, 1.82) is 0 Å². The van der Waals surface area contributed by atoms with Gasteiger partial charge < -0.3 is 5.11 Å². The largest absolute Gasteiger partial charge is 0.478 e. The van der Waals surface area contributed by atoms with Crippen LogP contribution in [-0.4, -0.2) is 31.1 Å². The number of aromatic carboxylic acids is 1. The van der Waals surface area contributed by atoms with Crippen molar-refractivity contribution in [2.75, 3.05) is 0 Å². The van der Waals surface area contributed by atoms with Gasteiger partial charge in [-0.3, -0.25) is 4.98 Å². The number of hydrogen-bond acceptors (Lipinski definition) is 4. The number of carboxylic acids is 1. The third kappa shape index (κ3) is 2.26. The van der Waals surface area contributed by atoms with Crippen molar-refractivity contribution in [2.24, 2.45) is 0 Å². The second kappa shape index (κ2) is 4.93. The molecule has 6 nitrogen and oxygen atoms in total. The Hall–Kier alpha value is -3.02. The molecule has 0 aliphatic rings. The SMILES string of the molecule is O=C(O)c1cccc(-n2cc(-c3ccccn3)nn2)c1. The summed E-state index contributed by atoms with van der Waals surface area (Å²) >= 11 is 0. The van der Waals surface area contributed by atoms with Crippen LogP contribution >= 0.6 is 0 Å². The van der Waals surface area contributed by atoms with E-state index in [9.17, 15) is 4.79 Å². The molecule has 0 saturated carbocycles. The fourth-order valence-electron chi connectivity index (χ4n) is 1.80. The predicted octanol–water partition coefficient (Wildman–Crippen LogP) is 2.03. The van der Waals surface area contributed by atoms with Crippen LogP contribution in [0.25, 0.3) is 17.1 Å². The first-order chi connectivity index (χ1) is 9.74. The number of carbonyl (C=O) groups is 1. The lowest BCUT2D eigenvalue weighted by atomic mass is 10.2. The summed E-state index contributed by atoms with van der Waals surface area (Å²) in [4.78, 5) is 15.1. The van der Waals surface area contributed by atoms with E-state index in [0.717, 1.165) is 0 Å². The smallest absolute Gasteiger partial charge is 0.335 e. The topological polar surface area (TPSA) is 80.9 Å². The zero-order valence-corrected chi connectivity index (χ0v) is 10.3. The van der Waals surface area contributed by atoms with E-state index >= 15 is 0 Å². The molecule has 3 aromatic rings. The van der Waals surface area contributed by atoms with Crippen LogP contribution in [0.5, 0.6) is 0 Å². The van der Waals surface area contributed by atoms with Crippen LogP contribution in [0.15, 0.2) is 54.9 Å². The minimum absolute atomic E-state index is 0.206. The molecule has 1 N–H and O–H groups in total. The molecular weight excluding hydrogens is 256 g/mol. The van der Waals surface area contributed by atoms with Gasteiger partial charge in [0.2, 0.25) is 0 Å². The Morgan fingerprint density at radius 2 is 2.00 bits per heavy atom. The summed E-state index contributed by atoms with van der Waals surface area (Å²) in [5.74, 6) is -0.975. The van der Waals surface area contributed by atoms with Crippen LogP contribution in [-0.2, 0) is 0 Å². The molecule has 0 fully saturated rings. The Morgan fingerprint density at radius 1 is 1.10 bits per heavy atom. The molecule has 20 heavy (non-hydrogen) atoms. The lowest BCUT2D eigenvalue weighted by Gasteiger charge is -2.00. The minimum atomic E-state index is -0.975. The first-order valence-electron chi connectivity index (χ1n) is 5.91. The third-order valence-corrected chi connectivity index (χ3v) is 2.78. The number of benzene rings is 1. The monoisotopic (exact) mass is 266 g/mol. The van der Waals surface area contributed by atoms with Gasteiger partial charge in [0.05, 0.1) is 23.1 Å². The molecular formula is C14H10N4O2. The van der Waals surface area contributed by atoms with Crippen molar-refractivity contribution in [3.8, 4) is 17.1 Å². The van der Waals surface area contributed by atoms with Gasteiger partial charge in [0.25, 0.3) is 0 Å². The molecule has 0 saturated heterocycles. The van der Waals surface area contributed by atoms with Crippen molar-refractivity contribution in [1.82, 2.24) is 20.0 Å². The van der Waals surface area contributed by atoms with Gasteiger partial charge in [-0.1, -0.05) is 17.3 Å². The van der Waals surface area contributed by atoms with E-state index in [1.807, 2.05) is 18.2 Å². The molecule has 0 atom stereocenters. The summed E-state index contributed by atoms with van der Waals surface area (Å²) in [6.07, 6.45) is 3.39. The normalized spacial score (nSPS) is 10.4. The average Bonchev–Trinajstić information content (AvgIpc) is 2.98. The van der Waals surface area contributed by atoms with E-state index in [-0.39, 0.29) is 5.56 Å². The fraction of sp³-hybridized carbons (Fsp3) is 0. The van der Waals surface area contributed by atoms with Crippen molar-refractivity contribution in [2.45, 2.75) is 0 Å². The van der Waals surface area contributed by atoms with Crippen LogP contribution < -0.4 is 0 Å². The number of hydrogen-bond donors (Lipinski definition) is 1. The van der Waals surface area contributed by atoms with Gasteiger partial charge in [0, 0.05) is 6.20 Å². The van der Waals surface area contributed by atoms with Crippen LogP contribution in [0.3, 0.4) is 0 Å². The number of aromatic nitrogens is 4. The molecule has 0 aliphatic heterocycles. The molecule has 0 spiro atoms. The van der Waals surface area contributed by atoms with E-state index in [1.165, 1.54) is 10.7 Å². The summed E-state index contributed by atoms with van der Waals surface area (Å²) in [6, 6.07) is 12.0. The quantitative estimate of drug-likeness (QED) is 0.784. The molecule has 98 valence electrons. The molecule has 2 aromatic heterocycles. The highest BCUT2D eigenvalue weighted by molar-refractivity contribution is 5.88. The van der Waals surface area contributed by atoms with Crippen LogP contribution in [0.4, 0.5) is 0 Å². The predicted molar refractivity (Wildman–Crippen MR) is 71.5 cm³/mol. The standard InChI is InChI=1S/C14H10N4O2/c19-14(20)10-4-3-5-11(8-10)18-9-13(16-17-18)12-6-1-2-7-15-12/h1-9H,(H,19,20). The highest BCUT2D eigenvalue weighted by Crippen LogP contribution is 2.15. The van der Waals surface area contributed by atoms with E-state index in [1.54, 1.807) is 30.6 Å². The minimum Gasteiger partial charge on any atom is -0.478 e. The number of rotatable bonds is 3. The number of nitrogens with zero attached hydrogens (tertiary/aromatic N) is 4. The molecule has 2 heterocycles. The maximum absolute atomic E-state index is 11.0.